The standard InChI is InChI=1S/C14H14BrN3O3/c1-3-16-13-7-10(18(19)20)8-14(17-13)21-11-4-5-12(15)9(2)6-11/h4-8H,3H2,1-2H3,(H,16,17). The number of ether oxygens (including phenoxy) is 1. The van der Waals surface area contributed by atoms with Gasteiger partial charge in [-0.15, -0.1) is 0 Å². The number of nitrogens with zero attached hydrogens (tertiary/aromatic N) is 2. The van der Waals surface area contributed by atoms with Crippen molar-refractivity contribution in [2.24, 2.45) is 0 Å². The van der Waals surface area contributed by atoms with E-state index < -0.39 is 4.92 Å². The highest BCUT2D eigenvalue weighted by atomic mass is 79.9. The van der Waals surface area contributed by atoms with Crippen molar-refractivity contribution < 1.29 is 9.66 Å². The van der Waals surface area contributed by atoms with Crippen LogP contribution in [0.2, 0.25) is 0 Å². The number of nitro groups is 1. The van der Waals surface area contributed by atoms with Crippen molar-refractivity contribution in [2.75, 3.05) is 11.9 Å². The minimum Gasteiger partial charge on any atom is -0.439 e. The van der Waals surface area contributed by atoms with Gasteiger partial charge in [0.25, 0.3) is 5.69 Å². The zero-order chi connectivity index (χ0) is 15.4. The Hall–Kier alpha value is -2.15. The number of halogens is 1. The summed E-state index contributed by atoms with van der Waals surface area (Å²) in [7, 11) is 0. The lowest BCUT2D eigenvalue weighted by molar-refractivity contribution is -0.384. The molecule has 1 aromatic heterocycles. The van der Waals surface area contributed by atoms with Crippen molar-refractivity contribution >= 4 is 27.4 Å². The molecule has 2 rings (SSSR count). The Morgan fingerprint density at radius 1 is 1.38 bits per heavy atom. The Morgan fingerprint density at radius 2 is 2.14 bits per heavy atom. The zero-order valence-electron chi connectivity index (χ0n) is 11.6. The molecule has 0 fully saturated rings. The number of aromatic nitrogens is 1. The van der Waals surface area contributed by atoms with Crippen molar-refractivity contribution in [3.05, 3.63) is 50.5 Å². The van der Waals surface area contributed by atoms with Crippen LogP contribution in [0.15, 0.2) is 34.8 Å². The molecule has 1 aromatic carbocycles. The van der Waals surface area contributed by atoms with Crippen LogP contribution in [0.1, 0.15) is 12.5 Å². The monoisotopic (exact) mass is 351 g/mol. The summed E-state index contributed by atoms with van der Waals surface area (Å²) >= 11 is 3.41. The lowest BCUT2D eigenvalue weighted by atomic mass is 10.2. The number of hydrogen-bond acceptors (Lipinski definition) is 5. The van der Waals surface area contributed by atoms with Gasteiger partial charge in [0, 0.05) is 11.0 Å². The number of anilines is 1. The molecule has 0 radical (unpaired) electrons. The Morgan fingerprint density at radius 3 is 2.76 bits per heavy atom. The number of aryl methyl sites for hydroxylation is 1. The van der Waals surface area contributed by atoms with E-state index >= 15 is 0 Å². The van der Waals surface area contributed by atoms with Crippen LogP contribution < -0.4 is 10.1 Å². The molecular weight excluding hydrogens is 338 g/mol. The zero-order valence-corrected chi connectivity index (χ0v) is 13.2. The quantitative estimate of drug-likeness (QED) is 0.642. The van der Waals surface area contributed by atoms with Crippen LogP contribution in [0.3, 0.4) is 0 Å². The largest absolute Gasteiger partial charge is 0.439 e. The Kier molecular flexibility index (Phi) is 4.74. The topological polar surface area (TPSA) is 77.3 Å². The Bertz CT molecular complexity index is 677. The molecule has 0 aliphatic heterocycles. The van der Waals surface area contributed by atoms with Gasteiger partial charge >= 0.3 is 0 Å². The van der Waals surface area contributed by atoms with Gasteiger partial charge < -0.3 is 10.1 Å². The van der Waals surface area contributed by atoms with Crippen molar-refractivity contribution in [2.45, 2.75) is 13.8 Å². The van der Waals surface area contributed by atoms with E-state index in [-0.39, 0.29) is 11.6 Å². The number of hydrogen-bond donors (Lipinski definition) is 1. The van der Waals surface area contributed by atoms with E-state index in [1.54, 1.807) is 6.07 Å². The van der Waals surface area contributed by atoms with Crippen molar-refractivity contribution in [1.29, 1.82) is 0 Å². The lowest BCUT2D eigenvalue weighted by Gasteiger charge is -2.09. The van der Waals surface area contributed by atoms with Crippen LogP contribution in [-0.2, 0) is 0 Å². The maximum absolute atomic E-state index is 10.9. The van der Waals surface area contributed by atoms with Gasteiger partial charge in [-0.2, -0.15) is 4.98 Å². The molecule has 2 aromatic rings. The Labute approximate surface area is 130 Å². The van der Waals surface area contributed by atoms with Gasteiger partial charge in [0.2, 0.25) is 5.88 Å². The second-order valence-corrected chi connectivity index (χ2v) is 5.20. The molecular formula is C14H14BrN3O3. The van der Waals surface area contributed by atoms with E-state index in [1.807, 2.05) is 26.0 Å². The number of rotatable bonds is 5. The van der Waals surface area contributed by atoms with Crippen LogP contribution in [0.25, 0.3) is 0 Å². The number of pyridine rings is 1. The molecule has 1 N–H and O–H groups in total. The second kappa shape index (κ2) is 6.53. The van der Waals surface area contributed by atoms with E-state index in [4.69, 9.17) is 4.74 Å². The normalized spacial score (nSPS) is 10.2. The van der Waals surface area contributed by atoms with Crippen LogP contribution in [0.5, 0.6) is 11.6 Å². The third kappa shape index (κ3) is 3.91. The van der Waals surface area contributed by atoms with Gasteiger partial charge in [0.05, 0.1) is 17.1 Å². The average Bonchev–Trinajstić information content (AvgIpc) is 2.43. The molecule has 0 spiro atoms. The first kappa shape index (κ1) is 15.2. The van der Waals surface area contributed by atoms with Gasteiger partial charge in [-0.05, 0) is 37.6 Å². The summed E-state index contributed by atoms with van der Waals surface area (Å²) in [5, 5.41) is 13.9. The van der Waals surface area contributed by atoms with Crippen LogP contribution in [0, 0.1) is 17.0 Å². The maximum Gasteiger partial charge on any atom is 0.278 e. The predicted octanol–water partition coefficient (Wildman–Crippen LogP) is 4.28. The molecule has 0 unspecified atom stereocenters. The van der Waals surface area contributed by atoms with E-state index in [9.17, 15) is 10.1 Å². The first-order valence-electron chi connectivity index (χ1n) is 6.34. The summed E-state index contributed by atoms with van der Waals surface area (Å²) in [6, 6.07) is 8.14. The first-order valence-corrected chi connectivity index (χ1v) is 7.13. The van der Waals surface area contributed by atoms with E-state index in [0.717, 1.165) is 10.0 Å². The van der Waals surface area contributed by atoms with E-state index in [1.165, 1.54) is 12.1 Å². The summed E-state index contributed by atoms with van der Waals surface area (Å²) < 4.78 is 6.58. The first-order chi connectivity index (χ1) is 9.99. The predicted molar refractivity (Wildman–Crippen MR) is 84.0 cm³/mol. The third-order valence-corrected chi connectivity index (χ3v) is 3.60. The Balaban J connectivity index is 2.33. The fraction of sp³-hybridized carbons (Fsp3) is 0.214. The van der Waals surface area contributed by atoms with Gasteiger partial charge in [0.15, 0.2) is 0 Å². The minimum absolute atomic E-state index is 0.0650. The maximum atomic E-state index is 10.9. The molecule has 110 valence electrons. The van der Waals surface area contributed by atoms with Gasteiger partial charge in [-0.25, -0.2) is 0 Å². The lowest BCUT2D eigenvalue weighted by Crippen LogP contribution is -2.02. The van der Waals surface area contributed by atoms with Crippen LogP contribution in [-0.4, -0.2) is 16.5 Å². The third-order valence-electron chi connectivity index (χ3n) is 2.71. The molecule has 0 aliphatic rings. The number of nitrogens with one attached hydrogen (secondary N) is 1. The molecule has 0 amide bonds. The van der Waals surface area contributed by atoms with E-state index in [0.29, 0.717) is 18.1 Å². The molecule has 0 aliphatic carbocycles. The molecule has 0 saturated heterocycles. The fourth-order valence-electron chi connectivity index (χ4n) is 1.72. The summed E-state index contributed by atoms with van der Waals surface area (Å²) in [6.07, 6.45) is 0. The molecule has 0 bridgehead atoms. The smallest absolute Gasteiger partial charge is 0.278 e. The summed E-state index contributed by atoms with van der Waals surface area (Å²) in [5.41, 5.74) is 0.939. The second-order valence-electron chi connectivity index (χ2n) is 4.35. The molecule has 0 saturated carbocycles. The highest BCUT2D eigenvalue weighted by Crippen LogP contribution is 2.28. The van der Waals surface area contributed by atoms with Gasteiger partial charge in [0.1, 0.15) is 11.6 Å². The minimum atomic E-state index is -0.470. The SMILES string of the molecule is CCNc1cc([N+](=O)[O-])cc(Oc2ccc(Br)c(C)c2)n1. The molecule has 0 atom stereocenters. The summed E-state index contributed by atoms with van der Waals surface area (Å²) in [6.45, 7) is 4.44. The molecule has 21 heavy (non-hydrogen) atoms. The van der Waals surface area contributed by atoms with Crippen LogP contribution >= 0.6 is 15.9 Å². The van der Waals surface area contributed by atoms with E-state index in [2.05, 4.69) is 26.2 Å². The molecule has 1 heterocycles. The molecule has 7 heteroatoms. The van der Waals surface area contributed by atoms with Crippen molar-refractivity contribution in [1.82, 2.24) is 4.98 Å². The van der Waals surface area contributed by atoms with Gasteiger partial charge in [-0.1, -0.05) is 15.9 Å². The summed E-state index contributed by atoms with van der Waals surface area (Å²) in [5.74, 6) is 1.17. The van der Waals surface area contributed by atoms with Crippen molar-refractivity contribution in [3.8, 4) is 11.6 Å². The highest BCUT2D eigenvalue weighted by Gasteiger charge is 2.12. The van der Waals surface area contributed by atoms with Crippen molar-refractivity contribution in [3.63, 3.8) is 0 Å². The summed E-state index contributed by atoms with van der Waals surface area (Å²) in [4.78, 5) is 14.7. The van der Waals surface area contributed by atoms with Gasteiger partial charge in [-0.3, -0.25) is 10.1 Å². The average molecular weight is 352 g/mol. The molecule has 6 nitrogen and oxygen atoms in total. The number of benzene rings is 1. The fourth-order valence-corrected chi connectivity index (χ4v) is 1.97. The highest BCUT2D eigenvalue weighted by molar-refractivity contribution is 9.10. The van der Waals surface area contributed by atoms with Crippen LogP contribution in [0.4, 0.5) is 11.5 Å².